The highest BCUT2D eigenvalue weighted by atomic mass is 16.6. The van der Waals surface area contributed by atoms with Gasteiger partial charge in [0.25, 0.3) is 5.91 Å². The zero-order chi connectivity index (χ0) is 16.1. The average molecular weight is 306 g/mol. The van der Waals surface area contributed by atoms with Crippen LogP contribution >= 0.6 is 0 Å². The number of amides is 1. The van der Waals surface area contributed by atoms with Crippen LogP contribution in [0.3, 0.4) is 0 Å². The predicted octanol–water partition coefficient (Wildman–Crippen LogP) is 1.14. The Morgan fingerprint density at radius 2 is 2.18 bits per heavy atom. The minimum atomic E-state index is -0.596. The fourth-order valence-corrected chi connectivity index (χ4v) is 2.13. The largest absolute Gasteiger partial charge is 0.350 e. The van der Waals surface area contributed by atoms with Crippen LogP contribution in [-0.4, -0.2) is 36.9 Å². The molecule has 0 aliphatic carbocycles. The molecule has 2 rings (SSSR count). The molecule has 1 amide bonds. The Hall–Kier alpha value is -2.71. The average Bonchev–Trinajstić information content (AvgIpc) is 3.09. The maximum Gasteiger partial charge on any atom is 0.320 e. The zero-order valence-electron chi connectivity index (χ0n) is 12.5. The van der Waals surface area contributed by atoms with Crippen molar-refractivity contribution in [1.82, 2.24) is 24.9 Å². The Labute approximate surface area is 127 Å². The molecule has 2 aromatic rings. The number of aromatic nitrogens is 4. The SMILES string of the molecule is CCn1ncc([N+](=O)[O-])c1C(=O)NCCCn1nccc1C. The molecule has 1 N–H and O–H groups in total. The smallest absolute Gasteiger partial charge is 0.320 e. The van der Waals surface area contributed by atoms with E-state index >= 15 is 0 Å². The van der Waals surface area contributed by atoms with Gasteiger partial charge in [-0.05, 0) is 26.3 Å². The van der Waals surface area contributed by atoms with Crippen LogP contribution in [0.2, 0.25) is 0 Å². The summed E-state index contributed by atoms with van der Waals surface area (Å²) in [7, 11) is 0. The van der Waals surface area contributed by atoms with Crippen molar-refractivity contribution in [2.24, 2.45) is 0 Å². The molecule has 0 saturated heterocycles. The van der Waals surface area contributed by atoms with Crippen LogP contribution in [-0.2, 0) is 13.1 Å². The number of nitrogens with one attached hydrogen (secondary N) is 1. The van der Waals surface area contributed by atoms with Crippen molar-refractivity contribution in [2.45, 2.75) is 33.4 Å². The first-order valence-corrected chi connectivity index (χ1v) is 7.01. The van der Waals surface area contributed by atoms with E-state index in [1.165, 1.54) is 4.68 Å². The summed E-state index contributed by atoms with van der Waals surface area (Å²) in [5.74, 6) is -0.483. The van der Waals surface area contributed by atoms with Crippen LogP contribution in [0.25, 0.3) is 0 Å². The first kappa shape index (κ1) is 15.7. The molecular weight excluding hydrogens is 288 g/mol. The Bertz CT molecular complexity index is 675. The number of aryl methyl sites for hydroxylation is 3. The fourth-order valence-electron chi connectivity index (χ4n) is 2.13. The molecule has 2 heterocycles. The molecule has 9 heteroatoms. The van der Waals surface area contributed by atoms with Gasteiger partial charge in [0.2, 0.25) is 5.69 Å². The van der Waals surface area contributed by atoms with Crippen molar-refractivity contribution in [3.05, 3.63) is 40.0 Å². The van der Waals surface area contributed by atoms with Gasteiger partial charge in [-0.15, -0.1) is 0 Å². The molecule has 0 spiro atoms. The third kappa shape index (κ3) is 3.30. The minimum Gasteiger partial charge on any atom is -0.350 e. The van der Waals surface area contributed by atoms with Crippen LogP contribution in [0.15, 0.2) is 18.5 Å². The Balaban J connectivity index is 1.94. The van der Waals surface area contributed by atoms with E-state index in [0.29, 0.717) is 26.1 Å². The Morgan fingerprint density at radius 3 is 2.77 bits per heavy atom. The molecule has 0 aliphatic heterocycles. The summed E-state index contributed by atoms with van der Waals surface area (Å²) >= 11 is 0. The van der Waals surface area contributed by atoms with E-state index in [1.54, 1.807) is 13.1 Å². The number of hydrogen-bond donors (Lipinski definition) is 1. The summed E-state index contributed by atoms with van der Waals surface area (Å²) in [5.41, 5.74) is 0.760. The van der Waals surface area contributed by atoms with Crippen molar-refractivity contribution in [3.63, 3.8) is 0 Å². The summed E-state index contributed by atoms with van der Waals surface area (Å²) in [6, 6.07) is 1.90. The van der Waals surface area contributed by atoms with Gasteiger partial charge in [-0.25, -0.2) is 0 Å². The van der Waals surface area contributed by atoms with Crippen molar-refractivity contribution < 1.29 is 9.72 Å². The van der Waals surface area contributed by atoms with Gasteiger partial charge >= 0.3 is 5.69 Å². The van der Waals surface area contributed by atoms with Crippen LogP contribution in [0.1, 0.15) is 29.5 Å². The van der Waals surface area contributed by atoms with Crippen LogP contribution in [0.4, 0.5) is 5.69 Å². The topological polar surface area (TPSA) is 108 Å². The summed E-state index contributed by atoms with van der Waals surface area (Å²) in [6.07, 6.45) is 3.50. The second kappa shape index (κ2) is 6.83. The normalized spacial score (nSPS) is 10.6. The van der Waals surface area contributed by atoms with Crippen molar-refractivity contribution >= 4 is 11.6 Å². The molecule has 0 atom stereocenters. The van der Waals surface area contributed by atoms with Crippen molar-refractivity contribution in [2.75, 3.05) is 6.54 Å². The highest BCUT2D eigenvalue weighted by Crippen LogP contribution is 2.17. The van der Waals surface area contributed by atoms with E-state index in [4.69, 9.17) is 0 Å². The van der Waals surface area contributed by atoms with Crippen LogP contribution < -0.4 is 5.32 Å². The molecular formula is C13H18N6O3. The number of rotatable bonds is 7. The van der Waals surface area contributed by atoms with E-state index in [1.807, 2.05) is 17.7 Å². The third-order valence-corrected chi connectivity index (χ3v) is 3.29. The van der Waals surface area contributed by atoms with Crippen molar-refractivity contribution in [3.8, 4) is 0 Å². The lowest BCUT2D eigenvalue weighted by atomic mass is 10.3. The van der Waals surface area contributed by atoms with Gasteiger partial charge < -0.3 is 5.32 Å². The van der Waals surface area contributed by atoms with Gasteiger partial charge in [0.1, 0.15) is 6.20 Å². The number of carbonyl (C=O) groups is 1. The van der Waals surface area contributed by atoms with Crippen molar-refractivity contribution in [1.29, 1.82) is 0 Å². The molecule has 0 fully saturated rings. The Morgan fingerprint density at radius 1 is 1.41 bits per heavy atom. The monoisotopic (exact) mass is 306 g/mol. The lowest BCUT2D eigenvalue weighted by molar-refractivity contribution is -0.385. The highest BCUT2D eigenvalue weighted by molar-refractivity contribution is 5.96. The van der Waals surface area contributed by atoms with E-state index in [9.17, 15) is 14.9 Å². The quantitative estimate of drug-likeness (QED) is 0.469. The van der Waals surface area contributed by atoms with Gasteiger partial charge in [0.15, 0.2) is 0 Å². The first-order chi connectivity index (χ1) is 10.5. The van der Waals surface area contributed by atoms with Gasteiger partial charge in [-0.1, -0.05) is 0 Å². The van der Waals surface area contributed by atoms with Crippen LogP contribution in [0.5, 0.6) is 0 Å². The minimum absolute atomic E-state index is 0.0113. The number of carbonyl (C=O) groups excluding carboxylic acids is 1. The molecule has 118 valence electrons. The van der Waals surface area contributed by atoms with E-state index in [0.717, 1.165) is 11.9 Å². The summed E-state index contributed by atoms with van der Waals surface area (Å²) < 4.78 is 3.16. The highest BCUT2D eigenvalue weighted by Gasteiger charge is 2.25. The van der Waals surface area contributed by atoms with E-state index in [-0.39, 0.29) is 11.4 Å². The van der Waals surface area contributed by atoms with Gasteiger partial charge in [-0.3, -0.25) is 24.3 Å². The number of hydrogen-bond acceptors (Lipinski definition) is 5. The first-order valence-electron chi connectivity index (χ1n) is 7.01. The van der Waals surface area contributed by atoms with Gasteiger partial charge in [-0.2, -0.15) is 10.2 Å². The molecule has 0 bridgehead atoms. The second-order valence-electron chi connectivity index (χ2n) is 4.76. The maximum absolute atomic E-state index is 12.1. The number of nitro groups is 1. The van der Waals surface area contributed by atoms with Gasteiger partial charge in [0.05, 0.1) is 4.92 Å². The predicted molar refractivity (Wildman–Crippen MR) is 78.5 cm³/mol. The summed E-state index contributed by atoms with van der Waals surface area (Å²) in [5, 5.41) is 21.6. The number of nitrogens with zero attached hydrogens (tertiary/aromatic N) is 5. The molecule has 0 aromatic carbocycles. The van der Waals surface area contributed by atoms with E-state index in [2.05, 4.69) is 15.5 Å². The van der Waals surface area contributed by atoms with Gasteiger partial charge in [0, 0.05) is 31.5 Å². The maximum atomic E-state index is 12.1. The van der Waals surface area contributed by atoms with Crippen LogP contribution in [0, 0.1) is 17.0 Å². The Kier molecular flexibility index (Phi) is 4.87. The summed E-state index contributed by atoms with van der Waals surface area (Å²) in [4.78, 5) is 22.5. The molecule has 22 heavy (non-hydrogen) atoms. The lowest BCUT2D eigenvalue weighted by Crippen LogP contribution is -2.28. The van der Waals surface area contributed by atoms with E-state index < -0.39 is 10.8 Å². The third-order valence-electron chi connectivity index (χ3n) is 3.29. The standard InChI is InChI=1S/C13H18N6O3/c1-3-17-12(11(9-16-17)19(21)22)13(20)14-6-4-8-18-10(2)5-7-15-18/h5,7,9H,3-4,6,8H2,1-2H3,(H,14,20). The molecule has 0 radical (unpaired) electrons. The molecule has 2 aromatic heterocycles. The molecule has 0 unspecified atom stereocenters. The molecule has 0 aliphatic rings. The second-order valence-corrected chi connectivity index (χ2v) is 4.76. The molecule has 9 nitrogen and oxygen atoms in total. The summed E-state index contributed by atoms with van der Waals surface area (Å²) in [6.45, 7) is 5.20. The zero-order valence-corrected chi connectivity index (χ0v) is 12.5. The fraction of sp³-hybridized carbons (Fsp3) is 0.462. The molecule has 0 saturated carbocycles. The lowest BCUT2D eigenvalue weighted by Gasteiger charge is -2.07.